The van der Waals surface area contributed by atoms with Crippen molar-refractivity contribution in [2.24, 2.45) is 5.41 Å². The molecule has 1 unspecified atom stereocenters. The Morgan fingerprint density at radius 2 is 1.95 bits per heavy atom. The molecule has 20 heavy (non-hydrogen) atoms. The molecule has 1 atom stereocenters. The number of piperidine rings is 1. The zero-order valence-corrected chi connectivity index (χ0v) is 13.9. The number of esters is 1. The molecule has 0 amide bonds. The van der Waals surface area contributed by atoms with Gasteiger partial charge in [-0.3, -0.25) is 4.79 Å². The Balaban J connectivity index is 2.30. The Hall–Kier alpha value is -0.870. The quantitative estimate of drug-likeness (QED) is 0.836. The van der Waals surface area contributed by atoms with Crippen molar-refractivity contribution >= 4 is 21.9 Å². The van der Waals surface area contributed by atoms with E-state index in [1.54, 1.807) is 0 Å². The third kappa shape index (κ3) is 3.41. The first-order valence-corrected chi connectivity index (χ1v) is 7.83. The van der Waals surface area contributed by atoms with Gasteiger partial charge >= 0.3 is 5.97 Å². The molecule has 1 aliphatic heterocycles. The number of hydrogen-bond donors (Lipinski definition) is 1. The zero-order valence-electron chi connectivity index (χ0n) is 12.3. The highest BCUT2D eigenvalue weighted by atomic mass is 79.9. The lowest BCUT2D eigenvalue weighted by Crippen LogP contribution is -2.48. The molecule has 1 aromatic rings. The van der Waals surface area contributed by atoms with Crippen molar-refractivity contribution in [3.05, 3.63) is 34.3 Å². The highest BCUT2D eigenvalue weighted by Crippen LogP contribution is 2.35. The van der Waals surface area contributed by atoms with Gasteiger partial charge in [-0.2, -0.15) is 0 Å². The maximum atomic E-state index is 12.3. The summed E-state index contributed by atoms with van der Waals surface area (Å²) in [7, 11) is 0. The Morgan fingerprint density at radius 3 is 2.45 bits per heavy atom. The van der Waals surface area contributed by atoms with Crippen molar-refractivity contribution in [1.82, 2.24) is 5.32 Å². The summed E-state index contributed by atoms with van der Waals surface area (Å²) in [5.41, 5.74) is 0.0360. The van der Waals surface area contributed by atoms with Gasteiger partial charge in [0, 0.05) is 11.0 Å². The highest BCUT2D eigenvalue weighted by molar-refractivity contribution is 9.10. The summed E-state index contributed by atoms with van der Waals surface area (Å²) in [6.45, 7) is 7.32. The molecule has 0 saturated carbocycles. The lowest BCUT2D eigenvalue weighted by molar-refractivity contribution is -0.173. The first-order chi connectivity index (χ1) is 9.33. The number of benzene rings is 1. The second-order valence-electron chi connectivity index (χ2n) is 6.42. The van der Waals surface area contributed by atoms with Gasteiger partial charge in [-0.15, -0.1) is 0 Å². The van der Waals surface area contributed by atoms with Crippen LogP contribution < -0.4 is 5.32 Å². The van der Waals surface area contributed by atoms with E-state index in [9.17, 15) is 4.79 Å². The highest BCUT2D eigenvalue weighted by Gasteiger charge is 2.40. The van der Waals surface area contributed by atoms with Crippen LogP contribution in [0.2, 0.25) is 0 Å². The van der Waals surface area contributed by atoms with Crippen LogP contribution in [0.5, 0.6) is 0 Å². The van der Waals surface area contributed by atoms with E-state index in [0.717, 1.165) is 29.4 Å². The molecule has 0 aliphatic carbocycles. The normalized spacial score (nSPS) is 23.4. The molecule has 0 bridgehead atoms. The van der Waals surface area contributed by atoms with Gasteiger partial charge in [0.1, 0.15) is 5.60 Å². The van der Waals surface area contributed by atoms with Crippen LogP contribution in [-0.2, 0) is 15.1 Å². The summed E-state index contributed by atoms with van der Waals surface area (Å²) in [5, 5.41) is 3.36. The first-order valence-electron chi connectivity index (χ1n) is 7.04. The molecular formula is C16H22BrNO2. The fourth-order valence-electron chi connectivity index (χ4n) is 2.35. The Morgan fingerprint density at radius 1 is 1.30 bits per heavy atom. The van der Waals surface area contributed by atoms with Gasteiger partial charge in [0.25, 0.3) is 0 Å². The van der Waals surface area contributed by atoms with E-state index >= 15 is 0 Å². The summed E-state index contributed by atoms with van der Waals surface area (Å²) in [5.74, 6) is -0.149. The number of hydrogen-bond acceptors (Lipinski definition) is 3. The third-order valence-corrected chi connectivity index (χ3v) is 4.14. The second kappa shape index (κ2) is 5.86. The number of halogens is 1. The number of rotatable bonds is 2. The molecule has 1 fully saturated rings. The molecule has 0 spiro atoms. The van der Waals surface area contributed by atoms with Gasteiger partial charge in [-0.05, 0) is 57.9 Å². The van der Waals surface area contributed by atoms with E-state index in [4.69, 9.17) is 4.74 Å². The third-order valence-electron chi connectivity index (χ3n) is 3.62. The van der Waals surface area contributed by atoms with Crippen molar-refractivity contribution in [3.63, 3.8) is 0 Å². The smallest absolute Gasteiger partial charge is 0.312 e. The van der Waals surface area contributed by atoms with Crippen molar-refractivity contribution < 1.29 is 9.53 Å². The largest absolute Gasteiger partial charge is 0.452 e. The number of carbonyl (C=O) groups is 1. The van der Waals surface area contributed by atoms with Crippen LogP contribution in [-0.4, -0.2) is 19.1 Å². The van der Waals surface area contributed by atoms with Gasteiger partial charge in [0.05, 0.1) is 5.41 Å². The standard InChI is InChI=1S/C16H22BrNO2/c1-15(2,3)14(19)20-16(9-4-10-18-11-16)12-5-7-13(17)8-6-12/h5-8,18H,4,9-11H2,1-3H3. The molecular weight excluding hydrogens is 318 g/mol. The monoisotopic (exact) mass is 339 g/mol. The van der Waals surface area contributed by atoms with E-state index in [2.05, 4.69) is 21.2 Å². The molecule has 4 heteroatoms. The predicted octanol–water partition coefficient (Wildman–Crippen LogP) is 3.62. The fraction of sp³-hybridized carbons (Fsp3) is 0.562. The summed E-state index contributed by atoms with van der Waals surface area (Å²) in [6, 6.07) is 8.06. The molecule has 0 aromatic heterocycles. The van der Waals surface area contributed by atoms with Gasteiger partial charge < -0.3 is 10.1 Å². The van der Waals surface area contributed by atoms with Crippen LogP contribution in [0.25, 0.3) is 0 Å². The molecule has 3 nitrogen and oxygen atoms in total. The molecule has 1 saturated heterocycles. The van der Waals surface area contributed by atoms with Gasteiger partial charge in [0.15, 0.2) is 0 Å². The van der Waals surface area contributed by atoms with Crippen LogP contribution in [0, 0.1) is 5.41 Å². The lowest BCUT2D eigenvalue weighted by atomic mass is 9.85. The number of nitrogens with one attached hydrogen (secondary N) is 1. The molecule has 1 aliphatic rings. The molecule has 110 valence electrons. The minimum atomic E-state index is -0.538. The van der Waals surface area contributed by atoms with E-state index in [-0.39, 0.29) is 5.97 Å². The van der Waals surface area contributed by atoms with Crippen molar-refractivity contribution in [2.75, 3.05) is 13.1 Å². The lowest BCUT2D eigenvalue weighted by Gasteiger charge is -2.39. The minimum Gasteiger partial charge on any atom is -0.452 e. The Bertz CT molecular complexity index is 470. The van der Waals surface area contributed by atoms with Crippen molar-refractivity contribution in [2.45, 2.75) is 39.2 Å². The molecule has 2 rings (SSSR count). The Kier molecular flexibility index (Phi) is 4.55. The summed E-state index contributed by atoms with van der Waals surface area (Å²) in [4.78, 5) is 12.3. The summed E-state index contributed by atoms with van der Waals surface area (Å²) >= 11 is 3.45. The SMILES string of the molecule is CC(C)(C)C(=O)OC1(c2ccc(Br)cc2)CCCNC1. The van der Waals surface area contributed by atoms with E-state index in [1.807, 2.05) is 45.0 Å². The van der Waals surface area contributed by atoms with E-state index in [1.165, 1.54) is 0 Å². The van der Waals surface area contributed by atoms with Gasteiger partial charge in [-0.25, -0.2) is 0 Å². The topological polar surface area (TPSA) is 38.3 Å². The van der Waals surface area contributed by atoms with E-state index in [0.29, 0.717) is 6.54 Å². The average Bonchev–Trinajstić information content (AvgIpc) is 2.39. The van der Waals surface area contributed by atoms with E-state index < -0.39 is 11.0 Å². The maximum Gasteiger partial charge on any atom is 0.312 e. The first kappa shape index (κ1) is 15.5. The Labute approximate surface area is 129 Å². The molecule has 1 N–H and O–H groups in total. The van der Waals surface area contributed by atoms with Crippen LogP contribution in [0.15, 0.2) is 28.7 Å². The summed E-state index contributed by atoms with van der Waals surface area (Å²) in [6.07, 6.45) is 1.87. The molecule has 1 aromatic carbocycles. The minimum absolute atomic E-state index is 0.149. The van der Waals surface area contributed by atoms with Gasteiger partial charge in [0.2, 0.25) is 0 Å². The van der Waals surface area contributed by atoms with Crippen molar-refractivity contribution in [1.29, 1.82) is 0 Å². The molecule has 1 heterocycles. The fourth-order valence-corrected chi connectivity index (χ4v) is 2.62. The van der Waals surface area contributed by atoms with Crippen LogP contribution >= 0.6 is 15.9 Å². The van der Waals surface area contributed by atoms with Gasteiger partial charge in [-0.1, -0.05) is 28.1 Å². The van der Waals surface area contributed by atoms with Crippen LogP contribution in [0.4, 0.5) is 0 Å². The molecule has 0 radical (unpaired) electrons. The van der Waals surface area contributed by atoms with Crippen molar-refractivity contribution in [3.8, 4) is 0 Å². The average molecular weight is 340 g/mol. The van der Waals surface area contributed by atoms with Crippen LogP contribution in [0.1, 0.15) is 39.2 Å². The van der Waals surface area contributed by atoms with Crippen LogP contribution in [0.3, 0.4) is 0 Å². The number of carbonyl (C=O) groups excluding carboxylic acids is 1. The number of ether oxygens (including phenoxy) is 1. The summed E-state index contributed by atoms with van der Waals surface area (Å²) < 4.78 is 6.98. The predicted molar refractivity (Wildman–Crippen MR) is 83.5 cm³/mol. The maximum absolute atomic E-state index is 12.3. The zero-order chi connectivity index (χ0) is 14.8. The second-order valence-corrected chi connectivity index (χ2v) is 7.34.